The quantitative estimate of drug-likeness (QED) is 0.268. The molecule has 4 rings (SSSR count). The first-order valence-electron chi connectivity index (χ1n) is 7.53. The Labute approximate surface area is 147 Å². The zero-order valence-corrected chi connectivity index (χ0v) is 14.5. The minimum absolute atomic E-state index is 0. The predicted octanol–water partition coefficient (Wildman–Crippen LogP) is 2.22. The molecule has 5 nitrogen and oxygen atoms in total. The van der Waals surface area contributed by atoms with Crippen molar-refractivity contribution in [1.29, 1.82) is 0 Å². The Morgan fingerprint density at radius 1 is 1.18 bits per heavy atom. The summed E-state index contributed by atoms with van der Waals surface area (Å²) in [7, 11) is 0. The molecule has 0 aromatic carbocycles. The maximum atomic E-state index is 5.46. The second-order valence-electron chi connectivity index (χ2n) is 5.95. The van der Waals surface area contributed by atoms with Gasteiger partial charge >= 0.3 is 0 Å². The van der Waals surface area contributed by atoms with Crippen LogP contribution >= 0.6 is 0 Å². The first-order chi connectivity index (χ1) is 10.2. The fourth-order valence-corrected chi connectivity index (χ4v) is 3.38. The molecule has 7 heteroatoms. The second kappa shape index (κ2) is 7.99. The van der Waals surface area contributed by atoms with E-state index in [1.807, 2.05) is 13.0 Å². The molecule has 1 aliphatic carbocycles. The van der Waals surface area contributed by atoms with Crippen molar-refractivity contribution in [3.63, 3.8) is 0 Å². The summed E-state index contributed by atoms with van der Waals surface area (Å²) < 4.78 is 0. The van der Waals surface area contributed by atoms with Gasteiger partial charge in [-0.3, -0.25) is 0 Å². The van der Waals surface area contributed by atoms with E-state index in [0.29, 0.717) is 5.17 Å². The Hall–Kier alpha value is -1.04. The monoisotopic (exact) mass is 358 g/mol. The van der Waals surface area contributed by atoms with Gasteiger partial charge in [0.2, 0.25) is 0 Å². The number of aromatic nitrogens is 2. The van der Waals surface area contributed by atoms with Gasteiger partial charge in [0.1, 0.15) is 6.33 Å². The fourth-order valence-electron chi connectivity index (χ4n) is 3.19. The van der Waals surface area contributed by atoms with Crippen LogP contribution in [0.2, 0.25) is 0 Å². The molecule has 0 amide bonds. The smallest absolute Gasteiger partial charge is 0.116 e. The van der Waals surface area contributed by atoms with E-state index in [1.54, 1.807) is 6.20 Å². The summed E-state index contributed by atoms with van der Waals surface area (Å²) in [5.74, 6) is 1.56. The fraction of sp³-hybridized carbons (Fsp3) is 0.600. The second-order valence-corrected chi connectivity index (χ2v) is 6.32. The third kappa shape index (κ3) is 4.24. The van der Waals surface area contributed by atoms with Crippen LogP contribution in [0.5, 0.6) is 0 Å². The van der Waals surface area contributed by atoms with Gasteiger partial charge in [0.15, 0.2) is 0 Å². The Balaban J connectivity index is 0.00000176. The molecular weight excluding hydrogens is 338 g/mol. The van der Waals surface area contributed by atoms with Gasteiger partial charge in [0.05, 0.1) is 11.4 Å². The summed E-state index contributed by atoms with van der Waals surface area (Å²) in [6.07, 6.45) is 8.57. The van der Waals surface area contributed by atoms with Crippen LogP contribution in [0.1, 0.15) is 38.3 Å². The maximum Gasteiger partial charge on any atom is 0.116 e. The Bertz CT molecular complexity index is 526. The molecule has 3 fully saturated rings. The van der Waals surface area contributed by atoms with E-state index in [4.69, 9.17) is 12.6 Å². The molecule has 1 aromatic rings. The molecule has 120 valence electrons. The molecule has 3 heterocycles. The third-order valence-corrected chi connectivity index (χ3v) is 4.77. The predicted molar refractivity (Wildman–Crippen MR) is 86.1 cm³/mol. The average molecular weight is 358 g/mol. The van der Waals surface area contributed by atoms with E-state index >= 15 is 0 Å². The third-order valence-electron chi connectivity index (χ3n) is 4.43. The largest absolute Gasteiger partial charge is 0.741 e. The van der Waals surface area contributed by atoms with E-state index in [0.717, 1.165) is 36.3 Å². The van der Waals surface area contributed by atoms with Crippen LogP contribution in [0, 0.1) is 11.8 Å². The van der Waals surface area contributed by atoms with Gasteiger partial charge in [-0.25, -0.2) is 9.97 Å². The minimum Gasteiger partial charge on any atom is -0.741 e. The Morgan fingerprint density at radius 2 is 1.82 bits per heavy atom. The molecular formula is C15H20FeN5S-. The summed E-state index contributed by atoms with van der Waals surface area (Å²) in [6, 6.07) is 1.82. The number of amidine groups is 1. The van der Waals surface area contributed by atoms with Gasteiger partial charge in [0, 0.05) is 41.5 Å². The maximum absolute atomic E-state index is 5.46. The molecule has 3 aliphatic rings. The summed E-state index contributed by atoms with van der Waals surface area (Å²) >= 11 is 5.46. The van der Waals surface area contributed by atoms with Gasteiger partial charge in [-0.1, -0.05) is 0 Å². The van der Waals surface area contributed by atoms with Crippen LogP contribution < -0.4 is 0 Å². The van der Waals surface area contributed by atoms with Crippen molar-refractivity contribution in [3.05, 3.63) is 24.3 Å². The summed E-state index contributed by atoms with van der Waals surface area (Å²) in [6.45, 7) is 3.97. The number of hydrogen-bond acceptors (Lipinski definition) is 5. The van der Waals surface area contributed by atoms with Crippen molar-refractivity contribution in [2.75, 3.05) is 13.1 Å². The zero-order valence-electron chi connectivity index (χ0n) is 12.6. The number of nitrogens with zero attached hydrogens (tertiary/aromatic N) is 5. The summed E-state index contributed by atoms with van der Waals surface area (Å²) in [5, 5.41) is 9.10. The van der Waals surface area contributed by atoms with Crippen molar-refractivity contribution in [2.45, 2.75) is 32.6 Å². The summed E-state index contributed by atoms with van der Waals surface area (Å²) in [4.78, 5) is 10.3. The SMILES string of the molecule is C/C(=N\N=C(/[S-])N1CC2CCC(CC2)C1)c1ccncn1.[Fe]. The van der Waals surface area contributed by atoms with Gasteiger partial charge < -0.3 is 17.5 Å². The minimum atomic E-state index is 0. The van der Waals surface area contributed by atoms with E-state index < -0.39 is 0 Å². The zero-order chi connectivity index (χ0) is 14.7. The summed E-state index contributed by atoms with van der Waals surface area (Å²) in [5.41, 5.74) is 1.55. The molecule has 1 aromatic heterocycles. The van der Waals surface area contributed by atoms with E-state index in [9.17, 15) is 0 Å². The number of hydrogen-bond donors (Lipinski definition) is 0. The van der Waals surface area contributed by atoms with E-state index in [-0.39, 0.29) is 17.1 Å². The van der Waals surface area contributed by atoms with Crippen molar-refractivity contribution in [2.24, 2.45) is 22.0 Å². The molecule has 2 saturated heterocycles. The molecule has 0 radical (unpaired) electrons. The Kier molecular flexibility index (Phi) is 6.29. The van der Waals surface area contributed by atoms with Gasteiger partial charge in [-0.05, 0) is 50.5 Å². The number of fused-ring (bicyclic) bond motifs is 4. The van der Waals surface area contributed by atoms with E-state index in [2.05, 4.69) is 25.1 Å². The molecule has 2 aliphatic heterocycles. The van der Waals surface area contributed by atoms with Crippen molar-refractivity contribution in [3.8, 4) is 0 Å². The average Bonchev–Trinajstić information content (AvgIpc) is 2.87. The molecule has 0 unspecified atom stereocenters. The molecule has 22 heavy (non-hydrogen) atoms. The van der Waals surface area contributed by atoms with Crippen molar-refractivity contribution in [1.82, 2.24) is 14.9 Å². The van der Waals surface area contributed by atoms with E-state index in [1.165, 1.54) is 32.0 Å². The normalized spacial score (nSPS) is 25.6. The standard InChI is InChI=1S/C15H21N5S.Fe/c1-11(14-6-7-16-10-17-14)18-19-15(21)20-8-12-2-3-13(9-20)5-4-12;/h6-7,10,12-13H,2-5,8-9H2,1H3,(H,19,21);/p-1/b18-11+;. The molecule has 1 saturated carbocycles. The van der Waals surface area contributed by atoms with Crippen LogP contribution in [-0.4, -0.2) is 38.8 Å². The van der Waals surface area contributed by atoms with Crippen LogP contribution in [0.15, 0.2) is 28.8 Å². The van der Waals surface area contributed by atoms with Crippen LogP contribution in [-0.2, 0) is 29.7 Å². The topological polar surface area (TPSA) is 53.7 Å². The van der Waals surface area contributed by atoms with Crippen LogP contribution in [0.25, 0.3) is 0 Å². The van der Waals surface area contributed by atoms with Crippen molar-refractivity contribution < 1.29 is 17.1 Å². The molecule has 0 atom stereocenters. The first-order valence-corrected chi connectivity index (χ1v) is 7.94. The van der Waals surface area contributed by atoms with Gasteiger partial charge in [-0.2, -0.15) is 10.2 Å². The van der Waals surface area contributed by atoms with Crippen molar-refractivity contribution >= 4 is 23.5 Å². The van der Waals surface area contributed by atoms with Crippen LogP contribution in [0.4, 0.5) is 0 Å². The molecule has 2 bridgehead atoms. The first kappa shape index (κ1) is 17.3. The molecule has 0 spiro atoms. The Morgan fingerprint density at radius 3 is 2.36 bits per heavy atom. The van der Waals surface area contributed by atoms with Gasteiger partial charge in [-0.15, -0.1) is 0 Å². The van der Waals surface area contributed by atoms with Crippen LogP contribution in [0.3, 0.4) is 0 Å². The van der Waals surface area contributed by atoms with Gasteiger partial charge in [0.25, 0.3) is 0 Å². The molecule has 0 N–H and O–H groups in total. The number of rotatable bonds is 2.